The molecule has 55 valence electrons. The van der Waals surface area contributed by atoms with E-state index in [0.29, 0.717) is 0 Å². The Labute approximate surface area is 66.8 Å². The lowest BCUT2D eigenvalue weighted by atomic mass is 9.53. The van der Waals surface area contributed by atoms with E-state index in [1.54, 1.807) is 7.17 Å². The van der Waals surface area contributed by atoms with Crippen molar-refractivity contribution in [2.75, 3.05) is 20.1 Å². The van der Waals surface area contributed by atoms with Crippen molar-refractivity contribution in [3.63, 3.8) is 0 Å². The first-order chi connectivity index (χ1) is 4.81. The lowest BCUT2D eigenvalue weighted by Gasteiger charge is -2.14. The maximum absolute atomic E-state index is 5.25. The summed E-state index contributed by atoms with van der Waals surface area (Å²) < 4.78 is 0. The maximum atomic E-state index is 5.25. The van der Waals surface area contributed by atoms with Crippen molar-refractivity contribution in [3.05, 3.63) is 0 Å². The minimum Gasteiger partial charge on any atom is -0.307 e. The van der Waals surface area contributed by atoms with Crippen molar-refractivity contribution in [3.8, 4) is 0 Å². The quantitative estimate of drug-likeness (QED) is 0.490. The van der Waals surface area contributed by atoms with Crippen LogP contribution in [0.1, 0.15) is 19.8 Å². The Morgan fingerprint density at radius 3 is 2.60 bits per heavy atom. The molecule has 10 heavy (non-hydrogen) atoms. The third kappa shape index (κ3) is 6.21. The van der Waals surface area contributed by atoms with E-state index in [1.165, 1.54) is 19.4 Å². The van der Waals surface area contributed by atoms with Crippen molar-refractivity contribution < 1.29 is 0 Å². The molecule has 0 bridgehead atoms. The smallest absolute Gasteiger partial charge is 0.0561 e. The van der Waals surface area contributed by atoms with Gasteiger partial charge < -0.3 is 4.90 Å². The van der Waals surface area contributed by atoms with Gasteiger partial charge in [-0.25, -0.2) is 0 Å². The van der Waals surface area contributed by atoms with Gasteiger partial charge in [0, 0.05) is 7.74 Å². The van der Waals surface area contributed by atoms with Gasteiger partial charge in [-0.3, -0.25) is 0 Å². The Morgan fingerprint density at radius 2 is 2.10 bits per heavy atom. The summed E-state index contributed by atoms with van der Waals surface area (Å²) in [6.07, 6.45) is 3.57. The first-order valence-electron chi connectivity index (χ1n) is 4.03. The molecule has 0 aromatic rings. The molecule has 0 unspecified atom stereocenters. The summed E-state index contributed by atoms with van der Waals surface area (Å²) in [4.78, 5) is 2.31. The molecule has 3 radical (unpaired) electrons. The Bertz CT molecular complexity index is 60.6. The van der Waals surface area contributed by atoms with Crippen molar-refractivity contribution >= 4 is 14.9 Å². The average Bonchev–Trinajstić information content (AvgIpc) is 1.97. The van der Waals surface area contributed by atoms with Crippen LogP contribution < -0.4 is 0 Å². The molecule has 0 spiro atoms. The van der Waals surface area contributed by atoms with Crippen molar-refractivity contribution in [1.29, 1.82) is 0 Å². The van der Waals surface area contributed by atoms with Gasteiger partial charge in [0.25, 0.3) is 0 Å². The fourth-order valence-corrected chi connectivity index (χ4v) is 0.835. The van der Waals surface area contributed by atoms with Crippen LogP contribution in [-0.4, -0.2) is 39.9 Å². The molecule has 0 heterocycles. The molecular weight excluding hydrogens is 120 g/mol. The van der Waals surface area contributed by atoms with Gasteiger partial charge in [-0.2, -0.15) is 0 Å². The Hall–Kier alpha value is 0.0899. The van der Waals surface area contributed by atoms with Gasteiger partial charge in [-0.1, -0.05) is 19.7 Å². The zero-order chi connectivity index (χ0) is 7.82. The number of hydrogen-bond acceptors (Lipinski definition) is 1. The molecule has 0 saturated heterocycles. The first kappa shape index (κ1) is 10.1. The average molecular weight is 136 g/mol. The van der Waals surface area contributed by atoms with E-state index in [1.807, 2.05) is 0 Å². The van der Waals surface area contributed by atoms with Gasteiger partial charge in [0.05, 0.1) is 7.17 Å². The summed E-state index contributed by atoms with van der Waals surface area (Å²) in [5.74, 6) is 0. The van der Waals surface area contributed by atoms with Crippen LogP contribution >= 0.6 is 0 Å². The van der Waals surface area contributed by atoms with E-state index in [9.17, 15) is 0 Å². The Morgan fingerprint density at radius 1 is 1.40 bits per heavy atom. The topological polar surface area (TPSA) is 3.24 Å². The van der Waals surface area contributed by atoms with E-state index in [0.717, 1.165) is 12.9 Å². The predicted octanol–water partition coefficient (Wildman–Crippen LogP) is 0.924. The van der Waals surface area contributed by atoms with E-state index in [4.69, 9.17) is 7.74 Å². The van der Waals surface area contributed by atoms with Crippen LogP contribution in [0.3, 0.4) is 0 Å². The van der Waals surface area contributed by atoms with Gasteiger partial charge in [-0.05, 0) is 26.6 Å². The molecule has 0 aromatic carbocycles. The fraction of sp³-hybridized carbons (Fsp3) is 1.00. The highest BCUT2D eigenvalue weighted by atomic mass is 15.1. The van der Waals surface area contributed by atoms with E-state index < -0.39 is 0 Å². The van der Waals surface area contributed by atoms with Gasteiger partial charge in [0.15, 0.2) is 0 Å². The Balaban J connectivity index is 3.00. The van der Waals surface area contributed by atoms with E-state index in [2.05, 4.69) is 18.9 Å². The maximum Gasteiger partial charge on any atom is 0.0561 e. The van der Waals surface area contributed by atoms with Crippen molar-refractivity contribution in [2.24, 2.45) is 0 Å². The van der Waals surface area contributed by atoms with Crippen LogP contribution in [0.2, 0.25) is 6.32 Å². The molecule has 0 amide bonds. The summed E-state index contributed by atoms with van der Waals surface area (Å²) in [5.41, 5.74) is 0. The number of nitrogens with zero attached hydrogens (tertiary/aromatic N) is 1. The predicted molar refractivity (Wildman–Crippen MR) is 48.7 cm³/mol. The highest BCUT2D eigenvalue weighted by Crippen LogP contribution is 1.92. The van der Waals surface area contributed by atoms with Gasteiger partial charge >= 0.3 is 0 Å². The third-order valence-corrected chi connectivity index (χ3v) is 1.57. The summed E-state index contributed by atoms with van der Waals surface area (Å²) in [5, 5.41) is 0. The lowest BCUT2D eigenvalue weighted by Crippen LogP contribution is -2.21. The molecular formula is C7H16B2N. The van der Waals surface area contributed by atoms with Gasteiger partial charge in [0.1, 0.15) is 0 Å². The molecule has 0 aliphatic heterocycles. The number of unbranched alkanes of at least 4 members (excludes halogenated alkanes) is 1. The molecule has 0 aromatic heterocycles. The normalized spacial score (nSPS) is 10.3. The van der Waals surface area contributed by atoms with Crippen molar-refractivity contribution in [1.82, 2.24) is 4.90 Å². The summed E-state index contributed by atoms with van der Waals surface area (Å²) in [6.45, 7) is 4.50. The van der Waals surface area contributed by atoms with Crippen LogP contribution in [0.25, 0.3) is 0 Å². The van der Waals surface area contributed by atoms with Crippen LogP contribution in [-0.2, 0) is 0 Å². The second kappa shape index (κ2) is 7.20. The lowest BCUT2D eigenvalue weighted by molar-refractivity contribution is 0.346. The van der Waals surface area contributed by atoms with Crippen LogP contribution in [0.15, 0.2) is 0 Å². The van der Waals surface area contributed by atoms with Crippen LogP contribution in [0, 0.1) is 0 Å². The van der Waals surface area contributed by atoms with Crippen LogP contribution in [0.4, 0.5) is 0 Å². The highest BCUT2D eigenvalue weighted by molar-refractivity contribution is 6.89. The highest BCUT2D eigenvalue weighted by Gasteiger charge is 1.94. The molecule has 0 atom stereocenters. The second-order valence-corrected chi connectivity index (χ2v) is 2.68. The third-order valence-electron chi connectivity index (χ3n) is 1.57. The van der Waals surface area contributed by atoms with Crippen molar-refractivity contribution in [2.45, 2.75) is 26.1 Å². The number of hydrogen-bond donors (Lipinski definition) is 0. The van der Waals surface area contributed by atoms with Crippen LogP contribution in [0.5, 0.6) is 0 Å². The largest absolute Gasteiger partial charge is 0.307 e. The molecule has 0 rings (SSSR count). The summed E-state index contributed by atoms with van der Waals surface area (Å²) >= 11 is 0. The minimum atomic E-state index is 1.00. The SMILES string of the molecule is [B][B]CCN(C)CCCC. The minimum absolute atomic E-state index is 1.00. The zero-order valence-corrected chi connectivity index (χ0v) is 7.14. The number of rotatable bonds is 6. The van der Waals surface area contributed by atoms with E-state index >= 15 is 0 Å². The second-order valence-electron chi connectivity index (χ2n) is 2.68. The standard InChI is InChI=1S/C7H16B2N/c1-3-4-6-10(2)7-5-9-8/h3-7H2,1-2H3. The molecule has 0 fully saturated rings. The molecule has 3 heteroatoms. The first-order valence-corrected chi connectivity index (χ1v) is 4.03. The van der Waals surface area contributed by atoms with Gasteiger partial charge in [0.2, 0.25) is 0 Å². The molecule has 1 nitrogen and oxygen atoms in total. The summed E-state index contributed by atoms with van der Waals surface area (Å²) in [6, 6.07) is 0. The molecule has 0 aliphatic carbocycles. The molecule has 0 aliphatic rings. The fourth-order valence-electron chi connectivity index (χ4n) is 0.835. The molecule has 0 saturated carbocycles. The molecule has 0 N–H and O–H groups in total. The van der Waals surface area contributed by atoms with Gasteiger partial charge in [-0.15, -0.1) is 0 Å². The Kier molecular flexibility index (Phi) is 7.26. The summed E-state index contributed by atoms with van der Waals surface area (Å²) in [7, 11) is 9.12. The zero-order valence-electron chi connectivity index (χ0n) is 7.14. The monoisotopic (exact) mass is 136 g/mol. The van der Waals surface area contributed by atoms with E-state index in [-0.39, 0.29) is 0 Å².